The molecule has 0 aliphatic heterocycles. The van der Waals surface area contributed by atoms with Crippen LogP contribution in [0.5, 0.6) is 5.75 Å². The number of nitrogens with two attached hydrogens (primary N) is 1. The number of aryl methyl sites for hydroxylation is 1. The highest BCUT2D eigenvalue weighted by Crippen LogP contribution is 2.13. The maximum Gasteiger partial charge on any atom is 0.260 e. The van der Waals surface area contributed by atoms with Gasteiger partial charge in [-0.2, -0.15) is 0 Å². The number of ether oxygens (including phenoxy) is 1. The summed E-state index contributed by atoms with van der Waals surface area (Å²) < 4.78 is 5.48. The van der Waals surface area contributed by atoms with Gasteiger partial charge >= 0.3 is 0 Å². The third kappa shape index (κ3) is 3.90. The van der Waals surface area contributed by atoms with Crippen LogP contribution in [0.4, 0.5) is 0 Å². The van der Waals surface area contributed by atoms with E-state index in [1.807, 2.05) is 31.2 Å². The van der Waals surface area contributed by atoms with Crippen LogP contribution in [0.2, 0.25) is 0 Å². The lowest BCUT2D eigenvalue weighted by atomic mass is 10.2. The van der Waals surface area contributed by atoms with Gasteiger partial charge < -0.3 is 15.8 Å². The first-order chi connectivity index (χ1) is 7.63. The molecular formula is C12H18N2O2. The zero-order valence-corrected chi connectivity index (χ0v) is 9.69. The highest BCUT2D eigenvalue weighted by Gasteiger charge is 2.13. The first kappa shape index (κ1) is 12.5. The normalized spacial score (nSPS) is 11.9. The Balaban J connectivity index is 2.47. The molecule has 1 aromatic rings. The number of hydrogen-bond acceptors (Lipinski definition) is 3. The molecule has 0 saturated carbocycles. The van der Waals surface area contributed by atoms with Gasteiger partial charge in [0, 0.05) is 13.1 Å². The van der Waals surface area contributed by atoms with Gasteiger partial charge in [-0.05, 0) is 26.0 Å². The minimum absolute atomic E-state index is 0.147. The van der Waals surface area contributed by atoms with E-state index >= 15 is 0 Å². The molecule has 0 saturated heterocycles. The summed E-state index contributed by atoms with van der Waals surface area (Å²) in [5.41, 5.74) is 6.45. The monoisotopic (exact) mass is 222 g/mol. The van der Waals surface area contributed by atoms with Gasteiger partial charge in [0.25, 0.3) is 5.91 Å². The second kappa shape index (κ2) is 6.12. The van der Waals surface area contributed by atoms with Gasteiger partial charge in [-0.25, -0.2) is 0 Å². The summed E-state index contributed by atoms with van der Waals surface area (Å²) in [6.45, 7) is 4.62. The molecule has 1 atom stereocenters. The molecule has 3 N–H and O–H groups in total. The lowest BCUT2D eigenvalue weighted by Gasteiger charge is -2.14. The predicted octanol–water partition coefficient (Wildman–Crippen LogP) is 0.837. The Labute approximate surface area is 95.8 Å². The molecule has 0 bridgehead atoms. The number of hydrogen-bond donors (Lipinski definition) is 2. The van der Waals surface area contributed by atoms with Gasteiger partial charge in [0.1, 0.15) is 5.75 Å². The Hall–Kier alpha value is -1.55. The fraction of sp³-hybridized carbons (Fsp3) is 0.417. The number of amides is 1. The van der Waals surface area contributed by atoms with Gasteiger partial charge in [0.2, 0.25) is 0 Å². The van der Waals surface area contributed by atoms with Gasteiger partial charge in [-0.1, -0.05) is 17.7 Å². The van der Waals surface area contributed by atoms with Gasteiger partial charge in [0.05, 0.1) is 0 Å². The van der Waals surface area contributed by atoms with Crippen molar-refractivity contribution in [3.63, 3.8) is 0 Å². The van der Waals surface area contributed by atoms with Crippen LogP contribution >= 0.6 is 0 Å². The number of carbonyl (C=O) groups is 1. The van der Waals surface area contributed by atoms with Crippen LogP contribution in [0.15, 0.2) is 24.3 Å². The topological polar surface area (TPSA) is 64.3 Å². The quantitative estimate of drug-likeness (QED) is 0.776. The van der Waals surface area contributed by atoms with Crippen LogP contribution in [-0.4, -0.2) is 25.1 Å². The summed E-state index contributed by atoms with van der Waals surface area (Å²) in [6, 6.07) is 7.59. The fourth-order valence-electron chi connectivity index (χ4n) is 1.21. The highest BCUT2D eigenvalue weighted by atomic mass is 16.5. The summed E-state index contributed by atoms with van der Waals surface area (Å²) in [7, 11) is 0. The zero-order valence-electron chi connectivity index (χ0n) is 9.69. The van der Waals surface area contributed by atoms with Gasteiger partial charge in [-0.3, -0.25) is 4.79 Å². The van der Waals surface area contributed by atoms with E-state index < -0.39 is 6.10 Å². The van der Waals surface area contributed by atoms with Crippen molar-refractivity contribution in [3.05, 3.63) is 29.8 Å². The van der Waals surface area contributed by atoms with Crippen LogP contribution < -0.4 is 15.8 Å². The molecule has 0 aliphatic rings. The number of nitrogens with one attached hydrogen (secondary N) is 1. The molecule has 1 amide bonds. The van der Waals surface area contributed by atoms with E-state index in [9.17, 15) is 4.79 Å². The van der Waals surface area contributed by atoms with Crippen LogP contribution in [0.3, 0.4) is 0 Å². The van der Waals surface area contributed by atoms with Crippen molar-refractivity contribution in [1.29, 1.82) is 0 Å². The molecule has 0 radical (unpaired) electrons. The van der Waals surface area contributed by atoms with E-state index in [0.29, 0.717) is 18.8 Å². The summed E-state index contributed by atoms with van der Waals surface area (Å²) in [5.74, 6) is 0.548. The molecule has 0 fully saturated rings. The second-order valence-electron chi connectivity index (χ2n) is 3.65. The second-order valence-corrected chi connectivity index (χ2v) is 3.65. The molecule has 4 nitrogen and oxygen atoms in total. The van der Waals surface area contributed by atoms with Crippen LogP contribution in [0.1, 0.15) is 12.5 Å². The Kier molecular flexibility index (Phi) is 4.79. The third-order valence-corrected chi connectivity index (χ3v) is 2.15. The third-order valence-electron chi connectivity index (χ3n) is 2.15. The first-order valence-corrected chi connectivity index (χ1v) is 5.34. The average Bonchev–Trinajstić information content (AvgIpc) is 2.29. The largest absolute Gasteiger partial charge is 0.481 e. The molecule has 16 heavy (non-hydrogen) atoms. The summed E-state index contributed by atoms with van der Waals surface area (Å²) in [6.07, 6.45) is -0.505. The van der Waals surface area contributed by atoms with Crippen LogP contribution in [-0.2, 0) is 4.79 Å². The number of rotatable bonds is 5. The van der Waals surface area contributed by atoms with E-state index in [4.69, 9.17) is 10.5 Å². The average molecular weight is 222 g/mol. The first-order valence-electron chi connectivity index (χ1n) is 5.34. The van der Waals surface area contributed by atoms with Crippen molar-refractivity contribution in [2.24, 2.45) is 5.73 Å². The Morgan fingerprint density at radius 2 is 2.06 bits per heavy atom. The molecule has 0 aliphatic carbocycles. The lowest BCUT2D eigenvalue weighted by molar-refractivity contribution is -0.127. The fourth-order valence-corrected chi connectivity index (χ4v) is 1.21. The Bertz CT molecular complexity index is 335. The Morgan fingerprint density at radius 1 is 1.44 bits per heavy atom. The van der Waals surface area contributed by atoms with E-state index in [-0.39, 0.29) is 5.91 Å². The highest BCUT2D eigenvalue weighted by molar-refractivity contribution is 5.80. The van der Waals surface area contributed by atoms with E-state index in [0.717, 1.165) is 5.56 Å². The molecule has 1 unspecified atom stereocenters. The van der Waals surface area contributed by atoms with Gasteiger partial charge in [-0.15, -0.1) is 0 Å². The Morgan fingerprint density at radius 3 is 2.62 bits per heavy atom. The van der Waals surface area contributed by atoms with Crippen LogP contribution in [0, 0.1) is 6.92 Å². The van der Waals surface area contributed by atoms with Crippen molar-refractivity contribution < 1.29 is 9.53 Å². The van der Waals surface area contributed by atoms with Crippen molar-refractivity contribution in [2.75, 3.05) is 13.1 Å². The maximum absolute atomic E-state index is 11.5. The maximum atomic E-state index is 11.5. The number of benzene rings is 1. The van der Waals surface area contributed by atoms with Crippen molar-refractivity contribution in [2.45, 2.75) is 20.0 Å². The SMILES string of the molecule is Cc1ccc(OC(C)C(=O)NCCN)cc1. The molecule has 88 valence electrons. The summed E-state index contributed by atoms with van der Waals surface area (Å²) in [4.78, 5) is 11.5. The minimum atomic E-state index is -0.505. The predicted molar refractivity (Wildman–Crippen MR) is 63.3 cm³/mol. The molecule has 4 heteroatoms. The van der Waals surface area contributed by atoms with E-state index in [2.05, 4.69) is 5.32 Å². The van der Waals surface area contributed by atoms with Crippen molar-refractivity contribution in [1.82, 2.24) is 5.32 Å². The zero-order chi connectivity index (χ0) is 12.0. The molecular weight excluding hydrogens is 204 g/mol. The van der Waals surface area contributed by atoms with Crippen molar-refractivity contribution in [3.8, 4) is 5.75 Å². The standard InChI is InChI=1S/C12H18N2O2/c1-9-3-5-11(6-4-9)16-10(2)12(15)14-8-7-13/h3-6,10H,7-8,13H2,1-2H3,(H,14,15). The van der Waals surface area contributed by atoms with E-state index in [1.165, 1.54) is 0 Å². The molecule has 0 heterocycles. The van der Waals surface area contributed by atoms with Gasteiger partial charge in [0.15, 0.2) is 6.10 Å². The van der Waals surface area contributed by atoms with Crippen LogP contribution in [0.25, 0.3) is 0 Å². The smallest absolute Gasteiger partial charge is 0.260 e. The lowest BCUT2D eigenvalue weighted by Crippen LogP contribution is -2.38. The summed E-state index contributed by atoms with van der Waals surface area (Å²) in [5, 5.41) is 2.67. The molecule has 1 rings (SSSR count). The minimum Gasteiger partial charge on any atom is -0.481 e. The van der Waals surface area contributed by atoms with E-state index in [1.54, 1.807) is 6.92 Å². The molecule has 1 aromatic carbocycles. The molecule has 0 aromatic heterocycles. The molecule has 0 spiro atoms. The number of carbonyl (C=O) groups excluding carboxylic acids is 1. The van der Waals surface area contributed by atoms with Crippen molar-refractivity contribution >= 4 is 5.91 Å². The summed E-state index contributed by atoms with van der Waals surface area (Å²) >= 11 is 0.